The minimum atomic E-state index is -4.39. The van der Waals surface area contributed by atoms with Gasteiger partial charge in [-0.1, -0.05) is 12.2 Å². The lowest BCUT2D eigenvalue weighted by Crippen LogP contribution is -2.43. The van der Waals surface area contributed by atoms with Crippen molar-refractivity contribution < 1.29 is 17.2 Å². The Morgan fingerprint density at radius 1 is 1.10 bits per heavy atom. The van der Waals surface area contributed by atoms with Crippen molar-refractivity contribution in [3.05, 3.63) is 12.2 Å². The summed E-state index contributed by atoms with van der Waals surface area (Å²) in [5, 5.41) is 3.45. The van der Waals surface area contributed by atoms with Crippen LogP contribution in [0.5, 0.6) is 0 Å². The molecule has 0 amide bonds. The fourth-order valence-corrected chi connectivity index (χ4v) is 3.96. The maximum Gasteiger partial charge on any atom is 0.350 e. The second kappa shape index (κ2) is 7.65. The van der Waals surface area contributed by atoms with Gasteiger partial charge in [0.05, 0.1) is 0 Å². The molecule has 1 atom stereocenters. The number of halogens is 2. The van der Waals surface area contributed by atoms with Crippen molar-refractivity contribution in [3.63, 3.8) is 0 Å². The summed E-state index contributed by atoms with van der Waals surface area (Å²) < 4.78 is 48.6. The number of alkyl halides is 2. The van der Waals surface area contributed by atoms with Crippen molar-refractivity contribution in [2.45, 2.75) is 37.9 Å². The van der Waals surface area contributed by atoms with E-state index in [1.54, 1.807) is 0 Å². The number of nitrogens with one attached hydrogen (secondary N) is 1. The Bertz CT molecular complexity index is 446. The summed E-state index contributed by atoms with van der Waals surface area (Å²) in [5.74, 6) is -2.23. The maximum absolute atomic E-state index is 12.5. The lowest BCUT2D eigenvalue weighted by molar-refractivity contribution is 0.202. The lowest BCUT2D eigenvalue weighted by atomic mass is 9.93. The van der Waals surface area contributed by atoms with Crippen LogP contribution in [0, 0.1) is 11.8 Å². The second-order valence-electron chi connectivity index (χ2n) is 5.96. The molecule has 0 aromatic rings. The van der Waals surface area contributed by atoms with Crippen LogP contribution in [-0.4, -0.2) is 44.7 Å². The van der Waals surface area contributed by atoms with Crippen LogP contribution in [-0.2, 0) is 10.0 Å². The molecule has 0 spiro atoms. The van der Waals surface area contributed by atoms with Crippen LogP contribution >= 0.6 is 0 Å². The van der Waals surface area contributed by atoms with Gasteiger partial charge in [0.15, 0.2) is 0 Å². The molecule has 1 N–H and O–H groups in total. The zero-order valence-corrected chi connectivity index (χ0v) is 13.0. The third-order valence-corrected chi connectivity index (χ3v) is 5.94. The first-order valence-electron chi connectivity index (χ1n) is 7.63. The molecule has 122 valence electrons. The first-order chi connectivity index (χ1) is 10.00. The first-order valence-corrected chi connectivity index (χ1v) is 9.13. The SMILES string of the molecule is O=S(=O)(C(F)F)N1CCC(CNCC2CC=CCC2)CC1. The zero-order valence-electron chi connectivity index (χ0n) is 12.2. The van der Waals surface area contributed by atoms with Crippen LogP contribution in [0.2, 0.25) is 0 Å². The van der Waals surface area contributed by atoms with E-state index in [1.807, 2.05) is 0 Å². The van der Waals surface area contributed by atoms with Crippen LogP contribution in [0.4, 0.5) is 8.78 Å². The molecule has 0 bridgehead atoms. The van der Waals surface area contributed by atoms with E-state index in [9.17, 15) is 17.2 Å². The van der Waals surface area contributed by atoms with E-state index in [0.29, 0.717) is 24.7 Å². The van der Waals surface area contributed by atoms with E-state index in [4.69, 9.17) is 0 Å². The zero-order chi connectivity index (χ0) is 15.3. The fourth-order valence-electron chi connectivity index (χ4n) is 3.01. The van der Waals surface area contributed by atoms with Gasteiger partial charge in [-0.2, -0.15) is 13.1 Å². The summed E-state index contributed by atoms with van der Waals surface area (Å²) in [5.41, 5.74) is 0. The normalized spacial score (nSPS) is 25.6. The van der Waals surface area contributed by atoms with Crippen LogP contribution in [0.25, 0.3) is 0 Å². The van der Waals surface area contributed by atoms with Crippen molar-refractivity contribution in [1.82, 2.24) is 9.62 Å². The average Bonchev–Trinajstić information content (AvgIpc) is 2.49. The van der Waals surface area contributed by atoms with Crippen molar-refractivity contribution in [2.24, 2.45) is 11.8 Å². The largest absolute Gasteiger partial charge is 0.350 e. The standard InChI is InChI=1S/C14H24F2N2O2S/c15-14(16)21(19,20)18-8-6-13(7-9-18)11-17-10-12-4-2-1-3-5-12/h1-2,12-14,17H,3-11H2. The van der Waals surface area contributed by atoms with Gasteiger partial charge in [-0.15, -0.1) is 0 Å². The molecule has 1 saturated heterocycles. The molecule has 1 aliphatic carbocycles. The van der Waals surface area contributed by atoms with Gasteiger partial charge in [0.25, 0.3) is 10.0 Å². The van der Waals surface area contributed by atoms with Gasteiger partial charge in [0.2, 0.25) is 0 Å². The Balaban J connectivity index is 1.66. The summed E-state index contributed by atoms with van der Waals surface area (Å²) in [6.07, 6.45) is 9.25. The summed E-state index contributed by atoms with van der Waals surface area (Å²) in [6, 6.07) is 0. The molecule has 0 aromatic carbocycles. The van der Waals surface area contributed by atoms with Crippen LogP contribution < -0.4 is 5.32 Å². The monoisotopic (exact) mass is 322 g/mol. The molecule has 0 radical (unpaired) electrons. The minimum absolute atomic E-state index is 0.213. The highest BCUT2D eigenvalue weighted by atomic mass is 32.2. The Kier molecular flexibility index (Phi) is 6.13. The third-order valence-electron chi connectivity index (χ3n) is 4.40. The molecule has 21 heavy (non-hydrogen) atoms. The van der Waals surface area contributed by atoms with Gasteiger partial charge in [0.1, 0.15) is 0 Å². The molecule has 1 unspecified atom stereocenters. The lowest BCUT2D eigenvalue weighted by Gasteiger charge is -2.31. The minimum Gasteiger partial charge on any atom is -0.316 e. The quantitative estimate of drug-likeness (QED) is 0.763. The van der Waals surface area contributed by atoms with E-state index in [-0.39, 0.29) is 13.1 Å². The second-order valence-corrected chi connectivity index (χ2v) is 7.86. The number of rotatable bonds is 6. The van der Waals surface area contributed by atoms with E-state index in [2.05, 4.69) is 17.5 Å². The summed E-state index contributed by atoms with van der Waals surface area (Å²) in [7, 11) is -4.39. The number of piperidine rings is 1. The van der Waals surface area contributed by atoms with Crippen molar-refractivity contribution in [3.8, 4) is 0 Å². The number of allylic oxidation sites excluding steroid dienone is 2. The summed E-state index contributed by atoms with van der Waals surface area (Å²) in [4.78, 5) is 0. The van der Waals surface area contributed by atoms with E-state index in [1.165, 1.54) is 6.42 Å². The Labute approximate surface area is 125 Å². The van der Waals surface area contributed by atoms with Crippen LogP contribution in [0.1, 0.15) is 32.1 Å². The molecule has 2 aliphatic rings. The van der Waals surface area contributed by atoms with E-state index in [0.717, 1.165) is 30.2 Å². The first kappa shape index (κ1) is 16.8. The van der Waals surface area contributed by atoms with Crippen LogP contribution in [0.3, 0.4) is 0 Å². The topological polar surface area (TPSA) is 49.4 Å². The van der Waals surface area contributed by atoms with Gasteiger partial charge in [-0.25, -0.2) is 8.42 Å². The van der Waals surface area contributed by atoms with E-state index >= 15 is 0 Å². The molecule has 7 heteroatoms. The molecule has 0 saturated carbocycles. The smallest absolute Gasteiger partial charge is 0.316 e. The number of sulfonamides is 1. The highest BCUT2D eigenvalue weighted by molar-refractivity contribution is 7.89. The Morgan fingerprint density at radius 3 is 2.33 bits per heavy atom. The summed E-state index contributed by atoms with van der Waals surface area (Å²) >= 11 is 0. The van der Waals surface area contributed by atoms with Gasteiger partial charge in [-0.3, -0.25) is 0 Å². The third kappa shape index (κ3) is 4.72. The average molecular weight is 322 g/mol. The number of nitrogens with zero attached hydrogens (tertiary/aromatic N) is 1. The highest BCUT2D eigenvalue weighted by Gasteiger charge is 2.34. The molecule has 2 rings (SSSR count). The van der Waals surface area contributed by atoms with E-state index < -0.39 is 15.8 Å². The molecular weight excluding hydrogens is 298 g/mol. The molecule has 1 heterocycles. The maximum atomic E-state index is 12.5. The van der Waals surface area contributed by atoms with Crippen molar-refractivity contribution >= 4 is 10.0 Å². The molecule has 0 aromatic heterocycles. The van der Waals surface area contributed by atoms with Crippen LogP contribution in [0.15, 0.2) is 12.2 Å². The predicted molar refractivity (Wildman–Crippen MR) is 78.6 cm³/mol. The van der Waals surface area contributed by atoms with Crippen molar-refractivity contribution in [2.75, 3.05) is 26.2 Å². The Hall–Kier alpha value is -0.530. The molecular formula is C14H24F2N2O2S. The van der Waals surface area contributed by atoms with Gasteiger partial charge >= 0.3 is 5.76 Å². The Morgan fingerprint density at radius 2 is 1.76 bits per heavy atom. The molecule has 1 fully saturated rings. The number of hydrogen-bond acceptors (Lipinski definition) is 3. The van der Waals surface area contributed by atoms with Gasteiger partial charge in [-0.05, 0) is 57.0 Å². The summed E-state index contributed by atoms with van der Waals surface area (Å²) in [6.45, 7) is 2.26. The highest BCUT2D eigenvalue weighted by Crippen LogP contribution is 2.22. The van der Waals surface area contributed by atoms with Gasteiger partial charge in [0, 0.05) is 13.1 Å². The van der Waals surface area contributed by atoms with Gasteiger partial charge < -0.3 is 5.32 Å². The molecule has 1 aliphatic heterocycles. The number of hydrogen-bond donors (Lipinski definition) is 1. The van der Waals surface area contributed by atoms with Crippen molar-refractivity contribution in [1.29, 1.82) is 0 Å². The molecule has 4 nitrogen and oxygen atoms in total. The predicted octanol–water partition coefficient (Wildman–Crippen LogP) is 2.20. The fraction of sp³-hybridized carbons (Fsp3) is 0.857.